The van der Waals surface area contributed by atoms with Crippen LogP contribution in [0.15, 0.2) is 6.07 Å². The van der Waals surface area contributed by atoms with E-state index in [9.17, 15) is 9.18 Å². The van der Waals surface area contributed by atoms with E-state index in [1.807, 2.05) is 0 Å². The van der Waals surface area contributed by atoms with E-state index in [-0.39, 0.29) is 29.0 Å². The Bertz CT molecular complexity index is 415. The molecule has 1 N–H and O–H groups in total. The molecular formula is C9H9Cl2FN2O2. The Morgan fingerprint density at radius 2 is 2.19 bits per heavy atom. The van der Waals surface area contributed by atoms with Gasteiger partial charge in [-0.1, -0.05) is 23.2 Å². The summed E-state index contributed by atoms with van der Waals surface area (Å²) in [5.74, 6) is -1.34. The van der Waals surface area contributed by atoms with E-state index >= 15 is 0 Å². The molecule has 0 radical (unpaired) electrons. The molecule has 0 aliphatic heterocycles. The molecule has 0 saturated heterocycles. The van der Waals surface area contributed by atoms with Crippen LogP contribution < -0.4 is 0 Å². The van der Waals surface area contributed by atoms with Crippen molar-refractivity contribution in [2.24, 2.45) is 0 Å². The highest BCUT2D eigenvalue weighted by Gasteiger charge is 2.18. The van der Waals surface area contributed by atoms with E-state index in [1.54, 1.807) is 0 Å². The first-order chi connectivity index (χ1) is 7.47. The summed E-state index contributed by atoms with van der Waals surface area (Å²) in [5, 5.41) is 8.11. The summed E-state index contributed by atoms with van der Waals surface area (Å²) < 4.78 is 13.1. The lowest BCUT2D eigenvalue weighted by molar-refractivity contribution is 0.0766. The second-order valence-corrected chi connectivity index (χ2v) is 3.77. The zero-order valence-electron chi connectivity index (χ0n) is 8.38. The van der Waals surface area contributed by atoms with E-state index in [4.69, 9.17) is 28.3 Å². The number of carbonyl (C=O) groups is 1. The molecule has 0 aromatic carbocycles. The van der Waals surface area contributed by atoms with Crippen LogP contribution in [-0.2, 0) is 0 Å². The third-order valence-electron chi connectivity index (χ3n) is 1.90. The van der Waals surface area contributed by atoms with Crippen molar-refractivity contribution < 1.29 is 14.3 Å². The summed E-state index contributed by atoms with van der Waals surface area (Å²) in [6, 6.07) is 0.924. The van der Waals surface area contributed by atoms with Gasteiger partial charge in [0.1, 0.15) is 5.15 Å². The van der Waals surface area contributed by atoms with Crippen LogP contribution >= 0.6 is 23.2 Å². The molecule has 4 nitrogen and oxygen atoms in total. The number of pyridine rings is 1. The van der Waals surface area contributed by atoms with E-state index in [1.165, 1.54) is 11.9 Å². The zero-order chi connectivity index (χ0) is 12.3. The molecule has 0 aliphatic rings. The minimum Gasteiger partial charge on any atom is -0.395 e. The van der Waals surface area contributed by atoms with Crippen LogP contribution in [0.1, 0.15) is 10.4 Å². The van der Waals surface area contributed by atoms with Crippen LogP contribution in [0.25, 0.3) is 0 Å². The number of halogens is 3. The molecule has 0 fully saturated rings. The molecular weight excluding hydrogens is 258 g/mol. The molecule has 1 rings (SSSR count). The Hall–Kier alpha value is -0.910. The summed E-state index contributed by atoms with van der Waals surface area (Å²) in [6.45, 7) is -0.0667. The highest BCUT2D eigenvalue weighted by atomic mass is 35.5. The molecule has 0 atom stereocenters. The maximum Gasteiger partial charge on any atom is 0.256 e. The Balaban J connectivity index is 3.04. The van der Waals surface area contributed by atoms with Crippen molar-refractivity contribution in [1.29, 1.82) is 0 Å². The van der Waals surface area contributed by atoms with Crippen molar-refractivity contribution >= 4 is 29.1 Å². The molecule has 1 aromatic rings. The Labute approximate surface area is 102 Å². The van der Waals surface area contributed by atoms with Gasteiger partial charge in [0.15, 0.2) is 11.0 Å². The maximum atomic E-state index is 13.1. The van der Waals surface area contributed by atoms with Gasteiger partial charge in [-0.05, 0) is 6.07 Å². The fourth-order valence-corrected chi connectivity index (χ4v) is 1.46. The van der Waals surface area contributed by atoms with Crippen LogP contribution in [0.2, 0.25) is 10.3 Å². The van der Waals surface area contributed by atoms with Crippen molar-refractivity contribution in [3.05, 3.63) is 27.8 Å². The van der Waals surface area contributed by atoms with Crippen LogP contribution in [0.3, 0.4) is 0 Å². The summed E-state index contributed by atoms with van der Waals surface area (Å²) in [6.07, 6.45) is 0. The lowest BCUT2D eigenvalue weighted by atomic mass is 10.2. The number of hydrogen-bond donors (Lipinski definition) is 1. The average Bonchev–Trinajstić information content (AvgIpc) is 2.23. The van der Waals surface area contributed by atoms with Crippen LogP contribution in [0.4, 0.5) is 4.39 Å². The molecule has 88 valence electrons. The molecule has 0 spiro atoms. The van der Waals surface area contributed by atoms with Gasteiger partial charge in [0, 0.05) is 13.6 Å². The third kappa shape index (κ3) is 2.81. The number of aromatic nitrogens is 1. The third-order valence-corrected chi connectivity index (χ3v) is 2.45. The first-order valence-electron chi connectivity index (χ1n) is 4.35. The quantitative estimate of drug-likeness (QED) is 0.846. The first kappa shape index (κ1) is 13.2. The van der Waals surface area contributed by atoms with Gasteiger partial charge in [-0.3, -0.25) is 4.79 Å². The Morgan fingerprint density at radius 1 is 1.56 bits per heavy atom. The molecule has 1 aromatic heterocycles. The monoisotopic (exact) mass is 266 g/mol. The van der Waals surface area contributed by atoms with Crippen molar-refractivity contribution in [3.63, 3.8) is 0 Å². The van der Waals surface area contributed by atoms with E-state index in [0.29, 0.717) is 0 Å². The minimum atomic E-state index is -0.813. The van der Waals surface area contributed by atoms with Gasteiger partial charge in [0.05, 0.1) is 12.2 Å². The minimum absolute atomic E-state index is 0.0838. The number of carbonyl (C=O) groups excluding carboxylic acids is 1. The second-order valence-electron chi connectivity index (χ2n) is 3.05. The predicted octanol–water partition coefficient (Wildman–Crippen LogP) is 1.59. The molecule has 0 saturated carbocycles. The fraction of sp³-hybridized carbons (Fsp3) is 0.333. The highest BCUT2D eigenvalue weighted by molar-refractivity contribution is 6.34. The predicted molar refractivity (Wildman–Crippen MR) is 58.3 cm³/mol. The summed E-state index contributed by atoms with van der Waals surface area (Å²) in [4.78, 5) is 16.4. The molecule has 0 aliphatic carbocycles. The fourth-order valence-electron chi connectivity index (χ4n) is 1.05. The second kappa shape index (κ2) is 5.43. The van der Waals surface area contributed by atoms with Gasteiger partial charge >= 0.3 is 0 Å². The van der Waals surface area contributed by atoms with Crippen molar-refractivity contribution in [2.45, 2.75) is 0 Å². The van der Waals surface area contributed by atoms with Gasteiger partial charge in [-0.15, -0.1) is 0 Å². The molecule has 7 heteroatoms. The van der Waals surface area contributed by atoms with Gasteiger partial charge < -0.3 is 10.0 Å². The van der Waals surface area contributed by atoms with E-state index in [2.05, 4.69) is 4.98 Å². The van der Waals surface area contributed by atoms with Crippen molar-refractivity contribution in [2.75, 3.05) is 20.2 Å². The van der Waals surface area contributed by atoms with Crippen molar-refractivity contribution in [1.82, 2.24) is 9.88 Å². The van der Waals surface area contributed by atoms with Gasteiger partial charge in [-0.25, -0.2) is 9.37 Å². The highest BCUT2D eigenvalue weighted by Crippen LogP contribution is 2.21. The SMILES string of the molecule is CN(CCO)C(=O)c1cc(F)c(Cl)nc1Cl. The molecule has 0 unspecified atom stereocenters. The summed E-state index contributed by atoms with van der Waals surface area (Å²) in [5.41, 5.74) is -0.0838. The normalized spacial score (nSPS) is 10.3. The summed E-state index contributed by atoms with van der Waals surface area (Å²) >= 11 is 11.1. The standard InChI is InChI=1S/C9H9Cl2FN2O2/c1-14(2-3-15)9(16)5-4-6(12)8(11)13-7(5)10/h4,15H,2-3H2,1H3. The van der Waals surface area contributed by atoms with Crippen LogP contribution in [0.5, 0.6) is 0 Å². The van der Waals surface area contributed by atoms with Crippen molar-refractivity contribution in [3.8, 4) is 0 Å². The number of nitrogens with zero attached hydrogens (tertiary/aromatic N) is 2. The molecule has 1 amide bonds. The summed E-state index contributed by atoms with van der Waals surface area (Å²) in [7, 11) is 1.46. The zero-order valence-corrected chi connectivity index (χ0v) is 9.89. The number of likely N-dealkylation sites (N-methyl/N-ethyl adjacent to an activating group) is 1. The first-order valence-corrected chi connectivity index (χ1v) is 5.10. The topological polar surface area (TPSA) is 53.4 Å². The maximum absolute atomic E-state index is 13.1. The van der Waals surface area contributed by atoms with Crippen LogP contribution in [0, 0.1) is 5.82 Å². The number of aliphatic hydroxyl groups excluding tert-OH is 1. The lowest BCUT2D eigenvalue weighted by Gasteiger charge is -2.16. The molecule has 1 heterocycles. The number of hydrogen-bond acceptors (Lipinski definition) is 3. The van der Waals surface area contributed by atoms with E-state index in [0.717, 1.165) is 6.07 Å². The molecule has 0 bridgehead atoms. The number of amides is 1. The molecule has 16 heavy (non-hydrogen) atoms. The van der Waals surface area contributed by atoms with E-state index < -0.39 is 11.7 Å². The Kier molecular flexibility index (Phi) is 4.46. The van der Waals surface area contributed by atoms with Gasteiger partial charge in [0.25, 0.3) is 5.91 Å². The van der Waals surface area contributed by atoms with Gasteiger partial charge in [0.2, 0.25) is 0 Å². The lowest BCUT2D eigenvalue weighted by Crippen LogP contribution is -2.30. The van der Waals surface area contributed by atoms with Crippen LogP contribution in [-0.4, -0.2) is 41.1 Å². The number of aliphatic hydroxyl groups is 1. The average molecular weight is 267 g/mol. The number of rotatable bonds is 3. The Morgan fingerprint density at radius 3 is 2.75 bits per heavy atom. The smallest absolute Gasteiger partial charge is 0.256 e. The largest absolute Gasteiger partial charge is 0.395 e. The van der Waals surface area contributed by atoms with Gasteiger partial charge in [-0.2, -0.15) is 0 Å².